The number of thiazole rings is 1. The van der Waals surface area contributed by atoms with E-state index in [0.29, 0.717) is 17.3 Å². The van der Waals surface area contributed by atoms with Gasteiger partial charge in [0.1, 0.15) is 5.76 Å². The number of fused-ring (bicyclic) bond motifs is 3. The van der Waals surface area contributed by atoms with Crippen LogP contribution in [0.5, 0.6) is 0 Å². The molecule has 5 aromatic rings. The molecule has 2 aromatic carbocycles. The van der Waals surface area contributed by atoms with Crippen LogP contribution in [0.25, 0.3) is 26.4 Å². The third-order valence-corrected chi connectivity index (χ3v) is 8.27. The average molecular weight is 543 g/mol. The van der Waals surface area contributed by atoms with Gasteiger partial charge in [0.15, 0.2) is 10.8 Å². The van der Waals surface area contributed by atoms with Gasteiger partial charge >= 0.3 is 6.03 Å². The summed E-state index contributed by atoms with van der Waals surface area (Å²) in [7, 11) is 0. The first-order valence-corrected chi connectivity index (χ1v) is 14.4. The molecule has 0 unspecified atom stereocenters. The summed E-state index contributed by atoms with van der Waals surface area (Å²) in [5.74, 6) is 1.09. The van der Waals surface area contributed by atoms with Gasteiger partial charge in [-0.2, -0.15) is 0 Å². The number of benzene rings is 2. The number of carbonyl (C=O) groups is 1. The number of piperidine rings is 1. The van der Waals surface area contributed by atoms with Gasteiger partial charge < -0.3 is 14.7 Å². The molecule has 0 radical (unpaired) electrons. The zero-order valence-corrected chi connectivity index (χ0v) is 23.5. The number of urea groups is 1. The molecule has 6 rings (SSSR count). The number of amides is 2. The third kappa shape index (κ3) is 5.69. The first-order chi connectivity index (χ1) is 18.8. The van der Waals surface area contributed by atoms with Gasteiger partial charge in [-0.1, -0.05) is 61.9 Å². The van der Waals surface area contributed by atoms with Crippen molar-refractivity contribution in [2.45, 2.75) is 51.9 Å². The summed E-state index contributed by atoms with van der Waals surface area (Å²) in [5, 5.41) is 9.49. The van der Waals surface area contributed by atoms with E-state index in [4.69, 9.17) is 9.51 Å². The fourth-order valence-corrected chi connectivity index (χ4v) is 6.07. The van der Waals surface area contributed by atoms with Crippen LogP contribution in [0, 0.1) is 0 Å². The molecule has 0 bridgehead atoms. The minimum Gasteiger partial charge on any atom is -0.359 e. The monoisotopic (exact) mass is 542 g/mol. The number of hydrogen-bond acceptors (Lipinski definition) is 6. The van der Waals surface area contributed by atoms with E-state index >= 15 is 0 Å². The maximum absolute atomic E-state index is 12.4. The van der Waals surface area contributed by atoms with E-state index in [-0.39, 0.29) is 11.4 Å². The summed E-state index contributed by atoms with van der Waals surface area (Å²) in [6, 6.07) is 15.9. The highest BCUT2D eigenvalue weighted by molar-refractivity contribution is 7.23. The van der Waals surface area contributed by atoms with Gasteiger partial charge in [0, 0.05) is 35.5 Å². The summed E-state index contributed by atoms with van der Waals surface area (Å²) in [5.41, 5.74) is 4.98. The number of aromatic nitrogens is 3. The van der Waals surface area contributed by atoms with Gasteiger partial charge in [-0.15, -0.1) is 0 Å². The van der Waals surface area contributed by atoms with Crippen LogP contribution in [-0.2, 0) is 11.8 Å². The minimum absolute atomic E-state index is 0.178. The Labute approximate surface area is 232 Å². The molecule has 0 atom stereocenters. The fraction of sp³-hybridized carbons (Fsp3) is 0.367. The molecule has 2 N–H and O–H groups in total. The number of likely N-dealkylation sites (tertiary alicyclic amines) is 1. The Balaban J connectivity index is 1.10. The van der Waals surface area contributed by atoms with Crippen LogP contribution >= 0.6 is 11.3 Å². The van der Waals surface area contributed by atoms with E-state index < -0.39 is 0 Å². The molecule has 1 fully saturated rings. The number of carbonyl (C=O) groups excluding carboxylic acids is 1. The molecule has 8 nitrogen and oxygen atoms in total. The SMILES string of the molecule is CC(C)(C)c1cc(NC(=O)Nc2ccc(-c3cn4c(n3)sc3cc(CCN5CCCCC5)ccc34)cc2)no1. The van der Waals surface area contributed by atoms with Crippen LogP contribution in [-0.4, -0.2) is 45.1 Å². The van der Waals surface area contributed by atoms with Crippen molar-refractivity contribution < 1.29 is 9.32 Å². The molecule has 0 saturated carbocycles. The molecule has 1 aliphatic rings. The molecule has 1 aliphatic heterocycles. The maximum atomic E-state index is 12.4. The van der Waals surface area contributed by atoms with Gasteiger partial charge in [0.25, 0.3) is 0 Å². The van der Waals surface area contributed by atoms with Crippen LogP contribution < -0.4 is 10.6 Å². The lowest BCUT2D eigenvalue weighted by atomic mass is 9.93. The van der Waals surface area contributed by atoms with Gasteiger partial charge in [0.2, 0.25) is 0 Å². The average Bonchev–Trinajstić information content (AvgIpc) is 3.63. The molecule has 202 valence electrons. The van der Waals surface area contributed by atoms with Crippen LogP contribution in [0.2, 0.25) is 0 Å². The zero-order chi connectivity index (χ0) is 27.0. The van der Waals surface area contributed by atoms with E-state index in [0.717, 1.165) is 29.2 Å². The Hall–Kier alpha value is -3.69. The first-order valence-electron chi connectivity index (χ1n) is 13.6. The lowest BCUT2D eigenvalue weighted by Gasteiger charge is -2.26. The number of imidazole rings is 1. The molecular weight excluding hydrogens is 508 g/mol. The van der Waals surface area contributed by atoms with Gasteiger partial charge in [-0.05, 0) is 62.2 Å². The van der Waals surface area contributed by atoms with Crippen molar-refractivity contribution >= 4 is 44.1 Å². The second-order valence-corrected chi connectivity index (χ2v) is 12.3. The molecule has 2 amide bonds. The molecule has 1 saturated heterocycles. The highest BCUT2D eigenvalue weighted by Crippen LogP contribution is 2.31. The summed E-state index contributed by atoms with van der Waals surface area (Å²) in [6.45, 7) is 9.70. The highest BCUT2D eigenvalue weighted by Gasteiger charge is 2.20. The summed E-state index contributed by atoms with van der Waals surface area (Å²) < 4.78 is 8.77. The summed E-state index contributed by atoms with van der Waals surface area (Å²) in [4.78, 5) is 20.9. The highest BCUT2D eigenvalue weighted by atomic mass is 32.1. The van der Waals surface area contributed by atoms with E-state index in [2.05, 4.69) is 49.5 Å². The second kappa shape index (κ2) is 10.5. The fourth-order valence-electron chi connectivity index (χ4n) is 5.00. The molecule has 4 heterocycles. The summed E-state index contributed by atoms with van der Waals surface area (Å²) in [6.07, 6.45) is 7.23. The Morgan fingerprint density at radius 3 is 2.56 bits per heavy atom. The minimum atomic E-state index is -0.374. The quantitative estimate of drug-likeness (QED) is 0.237. The van der Waals surface area contributed by atoms with E-state index in [1.807, 2.05) is 45.0 Å². The van der Waals surface area contributed by atoms with Crippen molar-refractivity contribution in [1.29, 1.82) is 0 Å². The maximum Gasteiger partial charge on any atom is 0.324 e. The van der Waals surface area contributed by atoms with E-state index in [9.17, 15) is 4.79 Å². The number of anilines is 2. The summed E-state index contributed by atoms with van der Waals surface area (Å²) >= 11 is 1.73. The van der Waals surface area contributed by atoms with E-state index in [1.165, 1.54) is 48.1 Å². The van der Waals surface area contributed by atoms with Gasteiger partial charge in [-0.3, -0.25) is 9.72 Å². The number of nitrogens with one attached hydrogen (secondary N) is 2. The van der Waals surface area contributed by atoms with Crippen molar-refractivity contribution in [3.8, 4) is 11.3 Å². The van der Waals surface area contributed by atoms with Crippen LogP contribution in [0.15, 0.2) is 59.3 Å². The van der Waals surface area contributed by atoms with Gasteiger partial charge in [0.05, 0.1) is 15.9 Å². The number of nitrogens with zero attached hydrogens (tertiary/aromatic N) is 4. The zero-order valence-electron chi connectivity index (χ0n) is 22.7. The normalized spacial score (nSPS) is 14.7. The van der Waals surface area contributed by atoms with Crippen molar-refractivity contribution in [2.24, 2.45) is 0 Å². The Bertz CT molecular complexity index is 1600. The van der Waals surface area contributed by atoms with Crippen molar-refractivity contribution in [1.82, 2.24) is 19.4 Å². The topological polar surface area (TPSA) is 87.7 Å². The Morgan fingerprint density at radius 2 is 1.82 bits per heavy atom. The standard InChI is InChI=1S/C30H34N6O2S/c1-30(2,3)26-18-27(34-38-26)33-28(37)31-22-10-8-21(9-11-22)23-19-36-24-12-7-20(17-25(24)39-29(36)32-23)13-16-35-14-5-4-6-15-35/h7-12,17-19H,4-6,13-16H2,1-3H3,(H2,31,33,34,37). The molecular formula is C30H34N6O2S. The third-order valence-electron chi connectivity index (χ3n) is 7.25. The molecule has 39 heavy (non-hydrogen) atoms. The lowest BCUT2D eigenvalue weighted by Crippen LogP contribution is -2.31. The predicted octanol–water partition coefficient (Wildman–Crippen LogP) is 7.17. The molecule has 3 aromatic heterocycles. The smallest absolute Gasteiger partial charge is 0.324 e. The Morgan fingerprint density at radius 1 is 1.03 bits per heavy atom. The van der Waals surface area contributed by atoms with Crippen LogP contribution in [0.1, 0.15) is 51.4 Å². The number of rotatable bonds is 6. The molecule has 9 heteroatoms. The van der Waals surface area contributed by atoms with Crippen molar-refractivity contribution in [2.75, 3.05) is 30.3 Å². The number of hydrogen-bond donors (Lipinski definition) is 2. The lowest BCUT2D eigenvalue weighted by molar-refractivity contribution is 0.231. The molecule has 0 aliphatic carbocycles. The second-order valence-electron chi connectivity index (χ2n) is 11.3. The molecule has 0 spiro atoms. The largest absolute Gasteiger partial charge is 0.359 e. The Kier molecular flexibility index (Phi) is 6.86. The van der Waals surface area contributed by atoms with Crippen LogP contribution in [0.4, 0.5) is 16.3 Å². The predicted molar refractivity (Wildman–Crippen MR) is 158 cm³/mol. The van der Waals surface area contributed by atoms with Crippen molar-refractivity contribution in [3.05, 3.63) is 66.1 Å². The first kappa shape index (κ1) is 25.6. The van der Waals surface area contributed by atoms with Crippen LogP contribution in [0.3, 0.4) is 0 Å². The van der Waals surface area contributed by atoms with E-state index in [1.54, 1.807) is 17.4 Å². The van der Waals surface area contributed by atoms with Crippen molar-refractivity contribution in [3.63, 3.8) is 0 Å². The van der Waals surface area contributed by atoms with Gasteiger partial charge in [-0.25, -0.2) is 9.78 Å².